The summed E-state index contributed by atoms with van der Waals surface area (Å²) in [7, 11) is 0. The van der Waals surface area contributed by atoms with Crippen molar-refractivity contribution in [3.05, 3.63) is 42.4 Å². The summed E-state index contributed by atoms with van der Waals surface area (Å²) in [5.41, 5.74) is 0.928. The molecule has 0 aliphatic heterocycles. The van der Waals surface area contributed by atoms with E-state index in [9.17, 15) is 0 Å². The number of aromatic nitrogens is 2. The Kier molecular flexibility index (Phi) is 4.31. The van der Waals surface area contributed by atoms with Gasteiger partial charge in [0, 0.05) is 18.7 Å². The van der Waals surface area contributed by atoms with Crippen molar-refractivity contribution < 1.29 is 9.47 Å². The summed E-state index contributed by atoms with van der Waals surface area (Å²) >= 11 is 0. The largest absolute Gasteiger partial charge is 0.494 e. The number of ether oxygens (including phenoxy) is 2. The second-order valence-corrected chi connectivity index (χ2v) is 5.01. The van der Waals surface area contributed by atoms with Gasteiger partial charge in [-0.15, -0.1) is 0 Å². The number of nitrogens with zero attached hydrogens (tertiary/aromatic N) is 2. The van der Waals surface area contributed by atoms with Crippen LogP contribution in [0.4, 0.5) is 0 Å². The predicted octanol–water partition coefficient (Wildman–Crippen LogP) is 2.92. The molecular weight excluding hydrogens is 266 g/mol. The lowest BCUT2D eigenvalue weighted by Crippen LogP contribution is -2.16. The van der Waals surface area contributed by atoms with Crippen molar-refractivity contribution in [2.45, 2.75) is 32.4 Å². The van der Waals surface area contributed by atoms with Crippen LogP contribution in [0.1, 0.15) is 25.5 Å². The maximum Gasteiger partial charge on any atom is 0.237 e. The van der Waals surface area contributed by atoms with Crippen LogP contribution in [0.25, 0.3) is 0 Å². The minimum atomic E-state index is 0.485. The molecule has 1 fully saturated rings. The third-order valence-corrected chi connectivity index (χ3v) is 3.17. The molecule has 1 aromatic carbocycles. The van der Waals surface area contributed by atoms with Crippen LogP contribution in [0, 0.1) is 0 Å². The van der Waals surface area contributed by atoms with Crippen LogP contribution >= 0.6 is 0 Å². The molecule has 1 aliphatic carbocycles. The zero-order valence-electron chi connectivity index (χ0n) is 12.1. The molecule has 5 heteroatoms. The summed E-state index contributed by atoms with van der Waals surface area (Å²) in [5, 5.41) is 3.40. The summed E-state index contributed by atoms with van der Waals surface area (Å²) in [5.74, 6) is 1.96. The first-order chi connectivity index (χ1) is 10.3. The van der Waals surface area contributed by atoms with Crippen molar-refractivity contribution in [1.29, 1.82) is 0 Å². The highest BCUT2D eigenvalue weighted by molar-refractivity contribution is 5.34. The Bertz CT molecular complexity index is 582. The van der Waals surface area contributed by atoms with Gasteiger partial charge in [-0.2, -0.15) is 0 Å². The maximum atomic E-state index is 5.68. The summed E-state index contributed by atoms with van der Waals surface area (Å²) in [6.45, 7) is 3.34. The number of hydrogen-bond acceptors (Lipinski definition) is 5. The van der Waals surface area contributed by atoms with Gasteiger partial charge < -0.3 is 14.8 Å². The maximum absolute atomic E-state index is 5.68. The fourth-order valence-corrected chi connectivity index (χ4v) is 1.94. The Morgan fingerprint density at radius 1 is 1.19 bits per heavy atom. The second-order valence-electron chi connectivity index (χ2n) is 5.01. The molecule has 2 aromatic rings. The van der Waals surface area contributed by atoms with Gasteiger partial charge in [-0.3, -0.25) is 4.98 Å². The van der Waals surface area contributed by atoms with Gasteiger partial charge in [0.15, 0.2) is 0 Å². The Labute approximate surface area is 124 Å². The normalized spacial score (nSPS) is 14.0. The Morgan fingerprint density at radius 3 is 2.76 bits per heavy atom. The van der Waals surface area contributed by atoms with Crippen molar-refractivity contribution in [1.82, 2.24) is 15.3 Å². The third kappa shape index (κ3) is 4.16. The average molecular weight is 285 g/mol. The van der Waals surface area contributed by atoms with E-state index in [1.165, 1.54) is 12.8 Å². The molecule has 1 saturated carbocycles. The lowest BCUT2D eigenvalue weighted by molar-refractivity contribution is 0.338. The van der Waals surface area contributed by atoms with Gasteiger partial charge in [-0.25, -0.2) is 4.98 Å². The summed E-state index contributed by atoms with van der Waals surface area (Å²) in [6, 6.07) is 8.17. The topological polar surface area (TPSA) is 56.3 Å². The van der Waals surface area contributed by atoms with Crippen LogP contribution in [-0.2, 0) is 6.54 Å². The van der Waals surface area contributed by atoms with Crippen LogP contribution in [0.3, 0.4) is 0 Å². The molecule has 0 atom stereocenters. The highest BCUT2D eigenvalue weighted by atomic mass is 16.5. The number of nitrogens with one attached hydrogen (secondary N) is 1. The second kappa shape index (κ2) is 6.54. The molecular formula is C16H19N3O2. The molecule has 0 amide bonds. The van der Waals surface area contributed by atoms with Gasteiger partial charge in [0.2, 0.25) is 5.88 Å². The minimum absolute atomic E-state index is 0.485. The van der Waals surface area contributed by atoms with Crippen molar-refractivity contribution in [2.24, 2.45) is 0 Å². The minimum Gasteiger partial charge on any atom is -0.494 e. The Morgan fingerprint density at radius 2 is 2.05 bits per heavy atom. The lowest BCUT2D eigenvalue weighted by Gasteiger charge is -2.08. The molecule has 1 heterocycles. The van der Waals surface area contributed by atoms with Crippen LogP contribution in [0.5, 0.6) is 17.4 Å². The average Bonchev–Trinajstić information content (AvgIpc) is 3.32. The SMILES string of the molecule is CCOc1cccc(Oc2cnc(CNC3CC3)cn2)c1. The first-order valence-electron chi connectivity index (χ1n) is 7.28. The van der Waals surface area contributed by atoms with Gasteiger partial charge >= 0.3 is 0 Å². The summed E-state index contributed by atoms with van der Waals surface area (Å²) in [4.78, 5) is 8.63. The smallest absolute Gasteiger partial charge is 0.237 e. The first-order valence-corrected chi connectivity index (χ1v) is 7.28. The molecule has 0 unspecified atom stereocenters. The molecule has 1 aliphatic rings. The van der Waals surface area contributed by atoms with E-state index in [0.29, 0.717) is 24.3 Å². The molecule has 0 saturated heterocycles. The molecule has 0 bridgehead atoms. The number of benzene rings is 1. The molecule has 0 spiro atoms. The van der Waals surface area contributed by atoms with Crippen LogP contribution < -0.4 is 14.8 Å². The molecule has 1 N–H and O–H groups in total. The number of hydrogen-bond donors (Lipinski definition) is 1. The third-order valence-electron chi connectivity index (χ3n) is 3.17. The molecule has 1 aromatic heterocycles. The van der Waals surface area contributed by atoms with E-state index in [1.54, 1.807) is 12.4 Å². The van der Waals surface area contributed by atoms with E-state index in [2.05, 4.69) is 15.3 Å². The van der Waals surface area contributed by atoms with Crippen LogP contribution in [-0.4, -0.2) is 22.6 Å². The molecule has 3 rings (SSSR count). The summed E-state index contributed by atoms with van der Waals surface area (Å²) < 4.78 is 11.1. The Hall–Kier alpha value is -2.14. The highest BCUT2D eigenvalue weighted by Gasteiger charge is 2.20. The zero-order chi connectivity index (χ0) is 14.5. The van der Waals surface area contributed by atoms with E-state index in [0.717, 1.165) is 18.0 Å². The standard InChI is InChI=1S/C16H19N3O2/c1-2-20-14-4-3-5-15(8-14)21-16-11-18-13(10-19-16)9-17-12-6-7-12/h3-5,8,10-12,17H,2,6-7,9H2,1H3. The Balaban J connectivity index is 1.59. The van der Waals surface area contributed by atoms with E-state index >= 15 is 0 Å². The number of rotatable bonds is 7. The monoisotopic (exact) mass is 285 g/mol. The zero-order valence-corrected chi connectivity index (χ0v) is 12.1. The van der Waals surface area contributed by atoms with E-state index in [-0.39, 0.29) is 0 Å². The van der Waals surface area contributed by atoms with Crippen LogP contribution in [0.15, 0.2) is 36.7 Å². The predicted molar refractivity (Wildman–Crippen MR) is 79.6 cm³/mol. The van der Waals surface area contributed by atoms with Gasteiger partial charge in [-0.05, 0) is 31.9 Å². The van der Waals surface area contributed by atoms with E-state index in [1.807, 2.05) is 31.2 Å². The van der Waals surface area contributed by atoms with Gasteiger partial charge in [0.1, 0.15) is 11.5 Å². The molecule has 110 valence electrons. The fourth-order valence-electron chi connectivity index (χ4n) is 1.94. The molecule has 5 nitrogen and oxygen atoms in total. The van der Waals surface area contributed by atoms with Crippen molar-refractivity contribution in [3.63, 3.8) is 0 Å². The van der Waals surface area contributed by atoms with Crippen molar-refractivity contribution in [3.8, 4) is 17.4 Å². The van der Waals surface area contributed by atoms with Gasteiger partial charge in [0.05, 0.1) is 24.7 Å². The van der Waals surface area contributed by atoms with Gasteiger partial charge in [0.25, 0.3) is 0 Å². The van der Waals surface area contributed by atoms with Crippen LogP contribution in [0.2, 0.25) is 0 Å². The van der Waals surface area contributed by atoms with E-state index in [4.69, 9.17) is 9.47 Å². The van der Waals surface area contributed by atoms with Crippen molar-refractivity contribution >= 4 is 0 Å². The molecule has 21 heavy (non-hydrogen) atoms. The summed E-state index contributed by atoms with van der Waals surface area (Å²) in [6.07, 6.45) is 5.93. The van der Waals surface area contributed by atoms with Gasteiger partial charge in [-0.1, -0.05) is 6.07 Å². The lowest BCUT2D eigenvalue weighted by atomic mass is 10.3. The van der Waals surface area contributed by atoms with Crippen molar-refractivity contribution in [2.75, 3.05) is 6.61 Å². The molecule has 0 radical (unpaired) electrons. The highest BCUT2D eigenvalue weighted by Crippen LogP contribution is 2.23. The fraction of sp³-hybridized carbons (Fsp3) is 0.375. The first kappa shape index (κ1) is 13.8. The van der Waals surface area contributed by atoms with E-state index < -0.39 is 0 Å². The quantitative estimate of drug-likeness (QED) is 0.847.